The third kappa shape index (κ3) is 36.8. The number of unbranched alkanes of at least 4 members (excludes halogenated alkanes) is 26. The highest BCUT2D eigenvalue weighted by molar-refractivity contribution is 7.47. The summed E-state index contributed by atoms with van der Waals surface area (Å²) in [6.45, 7) is 4.25. The molecule has 2 atom stereocenters. The second-order valence-corrected chi connectivity index (χ2v) is 15.6. The Bertz CT molecular complexity index is 799. The van der Waals surface area contributed by atoms with Crippen LogP contribution in [0.3, 0.4) is 0 Å². The maximum absolute atomic E-state index is 12.6. The van der Waals surface area contributed by atoms with Crippen LogP contribution < -0.4 is 5.32 Å². The van der Waals surface area contributed by atoms with Gasteiger partial charge in [0.05, 0.1) is 13.2 Å². The molecule has 0 aromatic carbocycles. The molecule has 0 spiro atoms. The average molecular weight is 734 g/mol. The van der Waals surface area contributed by atoms with Gasteiger partial charge in [0.1, 0.15) is 6.61 Å². The second-order valence-electron chi connectivity index (χ2n) is 14.2. The summed E-state index contributed by atoms with van der Waals surface area (Å²) < 4.78 is 33.1. The first-order valence-corrected chi connectivity index (χ1v) is 22.5. The molecule has 0 aromatic heterocycles. The molecule has 50 heavy (non-hydrogen) atoms. The van der Waals surface area contributed by atoms with E-state index in [4.69, 9.17) is 18.5 Å². The number of hydrogen-bond donors (Lipinski definition) is 2. The van der Waals surface area contributed by atoms with Crippen molar-refractivity contribution >= 4 is 19.8 Å². The largest absolute Gasteiger partial charge is 0.472 e. The zero-order chi connectivity index (χ0) is 36.8. The standard InChI is InChI=1S/C40H80NO8P/c1-4-6-8-10-12-14-16-18-19-21-22-24-26-28-30-32-39(42)46-36-38(37-48-50(44,45)47-35-34-41-3)49-40(43)33-31-29-27-25-23-20-17-15-13-11-9-7-5-2/h38,41H,4-37H2,1-3H3,(H,44,45). The van der Waals surface area contributed by atoms with Gasteiger partial charge in [0.15, 0.2) is 6.10 Å². The van der Waals surface area contributed by atoms with Gasteiger partial charge >= 0.3 is 19.8 Å². The van der Waals surface area contributed by atoms with E-state index in [9.17, 15) is 19.0 Å². The summed E-state index contributed by atoms with van der Waals surface area (Å²) in [4.78, 5) is 35.0. The Balaban J connectivity index is 4.19. The van der Waals surface area contributed by atoms with Crippen LogP contribution in [-0.4, -0.2) is 56.3 Å². The van der Waals surface area contributed by atoms with E-state index in [1.807, 2.05) is 0 Å². The first-order chi connectivity index (χ1) is 24.3. The zero-order valence-corrected chi connectivity index (χ0v) is 33.8. The molecule has 9 nitrogen and oxygen atoms in total. The Hall–Kier alpha value is -0.990. The van der Waals surface area contributed by atoms with Crippen LogP contribution in [0.1, 0.15) is 206 Å². The van der Waals surface area contributed by atoms with Crippen molar-refractivity contribution in [3.05, 3.63) is 0 Å². The molecular formula is C40H80NO8P. The first-order valence-electron chi connectivity index (χ1n) is 21.0. The molecule has 10 heteroatoms. The van der Waals surface area contributed by atoms with E-state index in [2.05, 4.69) is 19.2 Å². The van der Waals surface area contributed by atoms with Gasteiger partial charge in [-0.05, 0) is 19.9 Å². The van der Waals surface area contributed by atoms with Gasteiger partial charge in [-0.3, -0.25) is 18.6 Å². The summed E-state index contributed by atoms with van der Waals surface area (Å²) in [5.41, 5.74) is 0. The zero-order valence-electron chi connectivity index (χ0n) is 32.9. The monoisotopic (exact) mass is 734 g/mol. The summed E-state index contributed by atoms with van der Waals surface area (Å²) in [7, 11) is -2.63. The van der Waals surface area contributed by atoms with E-state index in [0.717, 1.165) is 32.1 Å². The molecule has 0 amide bonds. The summed E-state index contributed by atoms with van der Waals surface area (Å²) >= 11 is 0. The summed E-state index contributed by atoms with van der Waals surface area (Å²) in [5.74, 6) is -0.793. The van der Waals surface area contributed by atoms with Gasteiger partial charge in [0.2, 0.25) is 0 Å². The molecule has 0 saturated carbocycles. The van der Waals surface area contributed by atoms with E-state index < -0.39 is 26.5 Å². The number of nitrogens with one attached hydrogen (secondary N) is 1. The first kappa shape index (κ1) is 49.0. The van der Waals surface area contributed by atoms with Crippen molar-refractivity contribution in [1.82, 2.24) is 5.32 Å². The summed E-state index contributed by atoms with van der Waals surface area (Å²) in [6.07, 6.45) is 34.2. The number of hydrogen-bond acceptors (Lipinski definition) is 8. The predicted octanol–water partition coefficient (Wildman–Crippen LogP) is 11.5. The van der Waals surface area contributed by atoms with E-state index in [1.165, 1.54) is 141 Å². The Morgan fingerprint density at radius 3 is 1.28 bits per heavy atom. The number of likely N-dealkylation sites (N-methyl/N-ethyl adjacent to an activating group) is 1. The van der Waals surface area contributed by atoms with Crippen LogP contribution in [0.15, 0.2) is 0 Å². The number of phosphoric acid groups is 1. The molecule has 2 N–H and O–H groups in total. The van der Waals surface area contributed by atoms with Crippen LogP contribution in [0.5, 0.6) is 0 Å². The van der Waals surface area contributed by atoms with Crippen molar-refractivity contribution in [1.29, 1.82) is 0 Å². The maximum atomic E-state index is 12.6. The fourth-order valence-electron chi connectivity index (χ4n) is 6.02. The Morgan fingerprint density at radius 2 is 0.900 bits per heavy atom. The molecule has 0 aromatic rings. The molecule has 0 saturated heterocycles. The van der Waals surface area contributed by atoms with Crippen LogP contribution in [-0.2, 0) is 32.7 Å². The van der Waals surface area contributed by atoms with Gasteiger partial charge in [-0.1, -0.05) is 181 Å². The Labute approximate surface area is 308 Å². The summed E-state index contributed by atoms with van der Waals surface area (Å²) in [6, 6.07) is 0. The van der Waals surface area contributed by atoms with Crippen molar-refractivity contribution in [3.8, 4) is 0 Å². The molecule has 0 rings (SSSR count). The molecule has 2 unspecified atom stereocenters. The Morgan fingerprint density at radius 1 is 0.540 bits per heavy atom. The topological polar surface area (TPSA) is 120 Å². The smallest absolute Gasteiger partial charge is 0.462 e. The second kappa shape index (κ2) is 37.8. The van der Waals surface area contributed by atoms with Crippen LogP contribution >= 0.6 is 7.82 Å². The number of rotatable bonds is 40. The normalized spacial score (nSPS) is 13.3. The highest BCUT2D eigenvalue weighted by atomic mass is 31.2. The Kier molecular flexibility index (Phi) is 37.0. The summed E-state index contributed by atoms with van der Waals surface area (Å²) in [5, 5.41) is 2.82. The van der Waals surface area contributed by atoms with Crippen molar-refractivity contribution in [3.63, 3.8) is 0 Å². The van der Waals surface area contributed by atoms with Gasteiger partial charge in [0, 0.05) is 19.4 Å². The maximum Gasteiger partial charge on any atom is 0.472 e. The fourth-order valence-corrected chi connectivity index (χ4v) is 6.78. The van der Waals surface area contributed by atoms with Gasteiger partial charge in [-0.15, -0.1) is 0 Å². The highest BCUT2D eigenvalue weighted by Crippen LogP contribution is 2.43. The lowest BCUT2D eigenvalue weighted by Gasteiger charge is -2.20. The van der Waals surface area contributed by atoms with E-state index in [1.54, 1.807) is 7.05 Å². The fraction of sp³-hybridized carbons (Fsp3) is 0.950. The van der Waals surface area contributed by atoms with Crippen LogP contribution in [0, 0.1) is 0 Å². The lowest BCUT2D eigenvalue weighted by atomic mass is 10.0. The van der Waals surface area contributed by atoms with Crippen LogP contribution in [0.25, 0.3) is 0 Å². The van der Waals surface area contributed by atoms with Crippen LogP contribution in [0.4, 0.5) is 0 Å². The SMILES string of the molecule is CCCCCCCCCCCCCCCCCC(=O)OCC(COP(=O)(O)OCCNC)OC(=O)CCCCCCCCCCCCCCC. The predicted molar refractivity (Wildman–Crippen MR) is 206 cm³/mol. The molecule has 0 fully saturated rings. The number of phosphoric ester groups is 1. The number of carbonyl (C=O) groups is 2. The third-order valence-corrected chi connectivity index (χ3v) is 10.2. The van der Waals surface area contributed by atoms with Crippen molar-refractivity contribution in [2.24, 2.45) is 0 Å². The molecule has 0 radical (unpaired) electrons. The van der Waals surface area contributed by atoms with E-state index in [-0.39, 0.29) is 25.6 Å². The molecular weight excluding hydrogens is 653 g/mol. The van der Waals surface area contributed by atoms with Gasteiger partial charge in [0.25, 0.3) is 0 Å². The highest BCUT2D eigenvalue weighted by Gasteiger charge is 2.26. The quantitative estimate of drug-likeness (QED) is 0.0360. The molecule has 298 valence electrons. The lowest BCUT2D eigenvalue weighted by molar-refractivity contribution is -0.161. The number of carbonyl (C=O) groups excluding carboxylic acids is 2. The third-order valence-electron chi connectivity index (χ3n) is 9.23. The number of esters is 2. The molecule has 0 heterocycles. The van der Waals surface area contributed by atoms with Crippen LogP contribution in [0.2, 0.25) is 0 Å². The van der Waals surface area contributed by atoms with Crippen molar-refractivity contribution in [2.75, 3.05) is 33.4 Å². The molecule has 0 aliphatic rings. The van der Waals surface area contributed by atoms with Gasteiger partial charge < -0.3 is 19.7 Å². The number of ether oxygens (including phenoxy) is 2. The van der Waals surface area contributed by atoms with Gasteiger partial charge in [-0.2, -0.15) is 0 Å². The molecule has 0 bridgehead atoms. The van der Waals surface area contributed by atoms with E-state index >= 15 is 0 Å². The van der Waals surface area contributed by atoms with Gasteiger partial charge in [-0.25, -0.2) is 4.57 Å². The average Bonchev–Trinajstić information content (AvgIpc) is 3.09. The van der Waals surface area contributed by atoms with E-state index in [0.29, 0.717) is 19.4 Å². The van der Waals surface area contributed by atoms with Crippen molar-refractivity contribution in [2.45, 2.75) is 213 Å². The molecule has 0 aliphatic heterocycles. The minimum Gasteiger partial charge on any atom is -0.462 e. The minimum atomic E-state index is -4.34. The lowest BCUT2D eigenvalue weighted by Crippen LogP contribution is -2.29. The van der Waals surface area contributed by atoms with Crippen molar-refractivity contribution < 1.29 is 37.6 Å². The minimum absolute atomic E-state index is 0.0119. The molecule has 0 aliphatic carbocycles.